The molecule has 0 spiro atoms. The molecular weight excluding hydrogens is 525 g/mol. The fourth-order valence-electron chi connectivity index (χ4n) is 6.65. The number of piperidine rings is 1. The van der Waals surface area contributed by atoms with Crippen molar-refractivity contribution in [1.82, 2.24) is 4.90 Å². The van der Waals surface area contributed by atoms with E-state index < -0.39 is 17.8 Å². The summed E-state index contributed by atoms with van der Waals surface area (Å²) in [7, 11) is 0. The van der Waals surface area contributed by atoms with E-state index in [2.05, 4.69) is 44.4 Å². The van der Waals surface area contributed by atoms with Crippen molar-refractivity contribution in [3.05, 3.63) is 94.8 Å². The van der Waals surface area contributed by atoms with Gasteiger partial charge in [0, 0.05) is 23.5 Å². The van der Waals surface area contributed by atoms with E-state index >= 15 is 4.39 Å². The normalized spacial score (nSPS) is 20.3. The van der Waals surface area contributed by atoms with Crippen molar-refractivity contribution in [3.63, 3.8) is 0 Å². The average Bonchev–Trinajstić information content (AvgIpc) is 3.38. The number of aryl methyl sites for hydroxylation is 1. The quantitative estimate of drug-likeness (QED) is 0.313. The summed E-state index contributed by atoms with van der Waals surface area (Å²) in [6.45, 7) is 10.9. The molecule has 2 fully saturated rings. The van der Waals surface area contributed by atoms with Gasteiger partial charge < -0.3 is 15.5 Å². The number of hydrogen-bond acceptors (Lipinski definition) is 3. The highest BCUT2D eigenvalue weighted by molar-refractivity contribution is 5.98. The number of likely N-dealkylation sites (tertiary alicyclic amines) is 1. The zero-order valence-corrected chi connectivity index (χ0v) is 25.6. The van der Waals surface area contributed by atoms with Crippen molar-refractivity contribution in [2.75, 3.05) is 17.2 Å². The number of carbonyl (C=O) groups excluding carboxylic acids is 2. The monoisotopic (exact) mass is 569 g/mol. The number of nitrogens with zero attached hydrogens (tertiary/aromatic N) is 1. The van der Waals surface area contributed by atoms with Crippen LogP contribution in [0.5, 0.6) is 0 Å². The SMILES string of the molecule is Cc1cccc(F)c1C(=O)N1CCC[C@@H](C(=O)Nc2cccc(C(C)(C)C)c2)[C@H]1c1ccc(NC2(C)CCCC2)cc1. The first kappa shape index (κ1) is 29.8. The van der Waals surface area contributed by atoms with E-state index in [1.54, 1.807) is 24.0 Å². The largest absolute Gasteiger partial charge is 0.380 e. The van der Waals surface area contributed by atoms with Crippen LogP contribution in [-0.2, 0) is 10.2 Å². The van der Waals surface area contributed by atoms with E-state index in [1.165, 1.54) is 18.9 Å². The minimum atomic E-state index is -0.534. The molecule has 2 atom stereocenters. The number of rotatable bonds is 6. The second-order valence-corrected chi connectivity index (χ2v) is 13.5. The molecule has 3 aromatic rings. The van der Waals surface area contributed by atoms with E-state index in [-0.39, 0.29) is 28.3 Å². The summed E-state index contributed by atoms with van der Waals surface area (Å²) in [6, 6.07) is 20.3. The fourth-order valence-corrected chi connectivity index (χ4v) is 6.65. The Morgan fingerprint density at radius 1 is 0.929 bits per heavy atom. The maximum absolute atomic E-state index is 15.0. The molecule has 42 heavy (non-hydrogen) atoms. The van der Waals surface area contributed by atoms with Crippen LogP contribution in [0, 0.1) is 18.7 Å². The highest BCUT2D eigenvalue weighted by atomic mass is 19.1. The maximum Gasteiger partial charge on any atom is 0.257 e. The first-order chi connectivity index (χ1) is 19.9. The van der Waals surface area contributed by atoms with Crippen molar-refractivity contribution in [3.8, 4) is 0 Å². The number of benzene rings is 3. The van der Waals surface area contributed by atoms with E-state index in [4.69, 9.17) is 0 Å². The lowest BCUT2D eigenvalue weighted by Crippen LogP contribution is -2.46. The molecule has 1 aliphatic carbocycles. The van der Waals surface area contributed by atoms with Gasteiger partial charge in [-0.25, -0.2) is 4.39 Å². The number of amides is 2. The molecule has 2 amide bonds. The molecule has 1 saturated carbocycles. The Morgan fingerprint density at radius 3 is 2.29 bits per heavy atom. The molecule has 5 rings (SSSR count). The summed E-state index contributed by atoms with van der Waals surface area (Å²) in [6.07, 6.45) is 6.03. The van der Waals surface area contributed by atoms with Crippen LogP contribution in [0.4, 0.5) is 15.8 Å². The molecule has 0 unspecified atom stereocenters. The van der Waals surface area contributed by atoms with Crippen LogP contribution >= 0.6 is 0 Å². The smallest absolute Gasteiger partial charge is 0.257 e. The van der Waals surface area contributed by atoms with Gasteiger partial charge in [0.25, 0.3) is 5.91 Å². The topological polar surface area (TPSA) is 61.4 Å². The van der Waals surface area contributed by atoms with Crippen LogP contribution in [0.15, 0.2) is 66.7 Å². The van der Waals surface area contributed by atoms with Crippen molar-refractivity contribution in [2.45, 2.75) is 90.1 Å². The van der Waals surface area contributed by atoms with Crippen LogP contribution in [0.2, 0.25) is 0 Å². The van der Waals surface area contributed by atoms with Gasteiger partial charge in [-0.05, 0) is 92.0 Å². The van der Waals surface area contributed by atoms with Crippen molar-refractivity contribution < 1.29 is 14.0 Å². The molecule has 6 heteroatoms. The molecule has 2 aliphatic rings. The summed E-state index contributed by atoms with van der Waals surface area (Å²) in [4.78, 5) is 29.7. The van der Waals surface area contributed by atoms with Gasteiger partial charge in [-0.1, -0.05) is 70.0 Å². The van der Waals surface area contributed by atoms with Gasteiger partial charge in [-0.2, -0.15) is 0 Å². The number of hydrogen-bond donors (Lipinski definition) is 2. The molecule has 1 saturated heterocycles. The van der Waals surface area contributed by atoms with Gasteiger partial charge in [0.2, 0.25) is 5.91 Å². The Bertz CT molecular complexity index is 1420. The standard InChI is InChI=1S/C36H44FN3O2/c1-24-11-8-15-30(37)31(24)34(42)40-22-10-14-29(33(41)38-28-13-9-12-26(23-28)35(2,3)4)32(40)25-16-18-27(19-17-25)39-36(5)20-6-7-21-36/h8-9,11-13,15-19,23,29,32,39H,6-7,10,14,20-22H2,1-5H3,(H,38,41)/t29-,32-/m1/s1. The van der Waals surface area contributed by atoms with Gasteiger partial charge in [-0.15, -0.1) is 0 Å². The van der Waals surface area contributed by atoms with Crippen molar-refractivity contribution in [1.29, 1.82) is 0 Å². The average molecular weight is 570 g/mol. The lowest BCUT2D eigenvalue weighted by atomic mass is 9.83. The van der Waals surface area contributed by atoms with Crippen LogP contribution in [0.25, 0.3) is 0 Å². The lowest BCUT2D eigenvalue weighted by Gasteiger charge is -2.41. The molecule has 0 aromatic heterocycles. The number of carbonyl (C=O) groups is 2. The third-order valence-corrected chi connectivity index (χ3v) is 9.07. The zero-order valence-electron chi connectivity index (χ0n) is 25.6. The van der Waals surface area contributed by atoms with Crippen LogP contribution in [-0.4, -0.2) is 28.8 Å². The first-order valence-corrected chi connectivity index (χ1v) is 15.3. The molecule has 3 aromatic carbocycles. The van der Waals surface area contributed by atoms with Gasteiger partial charge in [0.05, 0.1) is 17.5 Å². The van der Waals surface area contributed by atoms with E-state index in [1.807, 2.05) is 42.5 Å². The first-order valence-electron chi connectivity index (χ1n) is 15.3. The molecule has 2 N–H and O–H groups in total. The minimum Gasteiger partial charge on any atom is -0.380 e. The Hall–Kier alpha value is -3.67. The predicted octanol–water partition coefficient (Wildman–Crippen LogP) is 8.41. The molecule has 0 radical (unpaired) electrons. The molecule has 1 aliphatic heterocycles. The summed E-state index contributed by atoms with van der Waals surface area (Å²) in [5.41, 5.74) is 4.48. The maximum atomic E-state index is 15.0. The number of anilines is 2. The van der Waals surface area contributed by atoms with Gasteiger partial charge in [0.15, 0.2) is 0 Å². The van der Waals surface area contributed by atoms with Crippen molar-refractivity contribution in [2.24, 2.45) is 5.92 Å². The van der Waals surface area contributed by atoms with Gasteiger partial charge in [-0.3, -0.25) is 9.59 Å². The number of nitrogens with one attached hydrogen (secondary N) is 2. The Balaban J connectivity index is 1.48. The summed E-state index contributed by atoms with van der Waals surface area (Å²) < 4.78 is 15.0. The minimum absolute atomic E-state index is 0.0553. The van der Waals surface area contributed by atoms with E-state index in [0.717, 1.165) is 35.3 Å². The molecule has 1 heterocycles. The second-order valence-electron chi connectivity index (χ2n) is 13.5. The highest BCUT2D eigenvalue weighted by Crippen LogP contribution is 2.40. The summed E-state index contributed by atoms with van der Waals surface area (Å²) in [5.74, 6) is -1.52. The zero-order chi connectivity index (χ0) is 30.1. The Kier molecular flexibility index (Phi) is 8.45. The summed E-state index contributed by atoms with van der Waals surface area (Å²) >= 11 is 0. The summed E-state index contributed by atoms with van der Waals surface area (Å²) in [5, 5.41) is 6.84. The molecule has 5 nitrogen and oxygen atoms in total. The molecule has 0 bridgehead atoms. The predicted molar refractivity (Wildman–Crippen MR) is 168 cm³/mol. The molecule has 222 valence electrons. The van der Waals surface area contributed by atoms with Crippen molar-refractivity contribution >= 4 is 23.2 Å². The van der Waals surface area contributed by atoms with Crippen LogP contribution in [0.1, 0.15) is 99.3 Å². The number of halogens is 1. The lowest BCUT2D eigenvalue weighted by molar-refractivity contribution is -0.123. The highest BCUT2D eigenvalue weighted by Gasteiger charge is 2.40. The van der Waals surface area contributed by atoms with Gasteiger partial charge in [0.1, 0.15) is 5.82 Å². The van der Waals surface area contributed by atoms with E-state index in [9.17, 15) is 9.59 Å². The Morgan fingerprint density at radius 2 is 1.62 bits per heavy atom. The third-order valence-electron chi connectivity index (χ3n) is 9.07. The Labute approximate surface area is 249 Å². The second kappa shape index (κ2) is 11.9. The van der Waals surface area contributed by atoms with Crippen LogP contribution < -0.4 is 10.6 Å². The third kappa shape index (κ3) is 6.38. The van der Waals surface area contributed by atoms with E-state index in [0.29, 0.717) is 24.9 Å². The van der Waals surface area contributed by atoms with Gasteiger partial charge >= 0.3 is 0 Å². The fraction of sp³-hybridized carbons (Fsp3) is 0.444. The molecular formula is C36H44FN3O2. The van der Waals surface area contributed by atoms with Crippen LogP contribution in [0.3, 0.4) is 0 Å².